The molecule has 0 aliphatic rings. The second-order valence-electron chi connectivity index (χ2n) is 3.07. The van der Waals surface area contributed by atoms with Crippen LogP contribution in [-0.4, -0.2) is 10.9 Å². The summed E-state index contributed by atoms with van der Waals surface area (Å²) >= 11 is 0. The average molecular weight is 209 g/mol. The summed E-state index contributed by atoms with van der Waals surface area (Å²) < 4.78 is 4.88. The Hall–Kier alpha value is -1.91. The zero-order valence-corrected chi connectivity index (χ0v) is 8.47. The van der Waals surface area contributed by atoms with Gasteiger partial charge in [-0.25, -0.2) is 0 Å². The molecule has 80 valence electrons. The fraction of sp³-hybridized carbons (Fsp3) is 0.300. The van der Waals surface area contributed by atoms with Crippen molar-refractivity contribution in [3.8, 4) is 0 Å². The van der Waals surface area contributed by atoms with E-state index in [0.29, 0.717) is 5.56 Å². The lowest BCUT2D eigenvalue weighted by atomic mass is 10.1. The maximum Gasteiger partial charge on any atom is 0.303 e. The van der Waals surface area contributed by atoms with Crippen LogP contribution in [0.25, 0.3) is 0 Å². The van der Waals surface area contributed by atoms with E-state index in [-0.39, 0.29) is 5.69 Å². The van der Waals surface area contributed by atoms with Crippen LogP contribution >= 0.6 is 0 Å². The molecular weight excluding hydrogens is 198 g/mol. The van der Waals surface area contributed by atoms with Gasteiger partial charge in [0, 0.05) is 13.0 Å². The third-order valence-electron chi connectivity index (χ3n) is 1.91. The van der Waals surface area contributed by atoms with Crippen molar-refractivity contribution in [2.75, 3.05) is 0 Å². The Morgan fingerprint density at radius 2 is 2.07 bits per heavy atom. The SMILES string of the molecule is CC(=O)OC(C)c1ccccc1[N+](=O)[O-]. The van der Waals surface area contributed by atoms with Crippen molar-refractivity contribution < 1.29 is 14.5 Å². The van der Waals surface area contributed by atoms with E-state index in [4.69, 9.17) is 4.74 Å². The van der Waals surface area contributed by atoms with Gasteiger partial charge in [0.1, 0.15) is 6.10 Å². The number of rotatable bonds is 3. The van der Waals surface area contributed by atoms with Crippen molar-refractivity contribution in [2.45, 2.75) is 20.0 Å². The minimum atomic E-state index is -0.607. The Labute approximate surface area is 86.8 Å². The van der Waals surface area contributed by atoms with Gasteiger partial charge in [0.25, 0.3) is 5.69 Å². The summed E-state index contributed by atoms with van der Waals surface area (Å²) in [6.07, 6.45) is -0.607. The van der Waals surface area contributed by atoms with Crippen LogP contribution in [0.1, 0.15) is 25.5 Å². The Balaban J connectivity index is 3.02. The van der Waals surface area contributed by atoms with Gasteiger partial charge in [-0.2, -0.15) is 0 Å². The molecule has 0 fully saturated rings. The third kappa shape index (κ3) is 2.77. The molecule has 1 atom stereocenters. The Kier molecular flexibility index (Phi) is 3.38. The maximum atomic E-state index is 10.7. The summed E-state index contributed by atoms with van der Waals surface area (Å²) in [6, 6.07) is 6.20. The van der Waals surface area contributed by atoms with Crippen LogP contribution in [0.4, 0.5) is 5.69 Å². The van der Waals surface area contributed by atoms with Gasteiger partial charge in [-0.15, -0.1) is 0 Å². The molecule has 0 saturated carbocycles. The number of carbonyl (C=O) groups is 1. The van der Waals surface area contributed by atoms with E-state index >= 15 is 0 Å². The van der Waals surface area contributed by atoms with Crippen LogP contribution < -0.4 is 0 Å². The number of para-hydroxylation sites is 1. The second kappa shape index (κ2) is 4.54. The van der Waals surface area contributed by atoms with Crippen LogP contribution in [-0.2, 0) is 9.53 Å². The molecular formula is C10H11NO4. The van der Waals surface area contributed by atoms with Crippen molar-refractivity contribution in [3.63, 3.8) is 0 Å². The number of nitrogens with zero attached hydrogens (tertiary/aromatic N) is 1. The molecule has 1 aromatic rings. The fourth-order valence-electron chi connectivity index (χ4n) is 1.31. The van der Waals surface area contributed by atoms with Crippen molar-refractivity contribution in [3.05, 3.63) is 39.9 Å². The summed E-state index contributed by atoms with van der Waals surface area (Å²) in [7, 11) is 0. The van der Waals surface area contributed by atoms with Crippen LogP contribution in [0.5, 0.6) is 0 Å². The Morgan fingerprint density at radius 1 is 1.47 bits per heavy atom. The molecule has 0 saturated heterocycles. The average Bonchev–Trinajstić information content (AvgIpc) is 2.16. The fourth-order valence-corrected chi connectivity index (χ4v) is 1.31. The normalized spacial score (nSPS) is 11.9. The van der Waals surface area contributed by atoms with Gasteiger partial charge in [0.15, 0.2) is 0 Å². The molecule has 5 nitrogen and oxygen atoms in total. The molecule has 15 heavy (non-hydrogen) atoms. The zero-order chi connectivity index (χ0) is 11.4. The summed E-state index contributed by atoms with van der Waals surface area (Å²) in [5, 5.41) is 10.7. The van der Waals surface area contributed by atoms with E-state index < -0.39 is 17.0 Å². The third-order valence-corrected chi connectivity index (χ3v) is 1.91. The number of ether oxygens (including phenoxy) is 1. The Morgan fingerprint density at radius 3 is 2.60 bits per heavy atom. The van der Waals surface area contributed by atoms with E-state index in [1.165, 1.54) is 13.0 Å². The first kappa shape index (κ1) is 11.2. The standard InChI is InChI=1S/C10H11NO4/c1-7(15-8(2)12)9-5-3-4-6-10(9)11(13)14/h3-7H,1-2H3. The number of benzene rings is 1. The first-order chi connectivity index (χ1) is 7.02. The number of hydrogen-bond donors (Lipinski definition) is 0. The van der Waals surface area contributed by atoms with Gasteiger partial charge in [-0.1, -0.05) is 12.1 Å². The van der Waals surface area contributed by atoms with Crippen molar-refractivity contribution in [1.82, 2.24) is 0 Å². The lowest BCUT2D eigenvalue weighted by Crippen LogP contribution is -2.07. The van der Waals surface area contributed by atoms with Gasteiger partial charge >= 0.3 is 5.97 Å². The predicted molar refractivity (Wildman–Crippen MR) is 53.3 cm³/mol. The molecule has 0 aliphatic carbocycles. The number of carbonyl (C=O) groups excluding carboxylic acids is 1. The van der Waals surface area contributed by atoms with Crippen LogP contribution in [0.15, 0.2) is 24.3 Å². The smallest absolute Gasteiger partial charge is 0.303 e. The predicted octanol–water partition coefficient (Wildman–Crippen LogP) is 2.22. The van der Waals surface area contributed by atoms with Crippen molar-refractivity contribution in [1.29, 1.82) is 0 Å². The highest BCUT2D eigenvalue weighted by Gasteiger charge is 2.19. The van der Waals surface area contributed by atoms with Gasteiger partial charge < -0.3 is 4.74 Å². The second-order valence-corrected chi connectivity index (χ2v) is 3.07. The first-order valence-corrected chi connectivity index (χ1v) is 4.43. The van der Waals surface area contributed by atoms with E-state index in [1.54, 1.807) is 25.1 Å². The number of esters is 1. The van der Waals surface area contributed by atoms with Gasteiger partial charge in [-0.3, -0.25) is 14.9 Å². The summed E-state index contributed by atoms with van der Waals surface area (Å²) in [5.41, 5.74) is 0.365. The van der Waals surface area contributed by atoms with Crippen LogP contribution in [0.3, 0.4) is 0 Å². The van der Waals surface area contributed by atoms with E-state index in [2.05, 4.69) is 0 Å². The van der Waals surface area contributed by atoms with E-state index in [9.17, 15) is 14.9 Å². The molecule has 1 unspecified atom stereocenters. The quantitative estimate of drug-likeness (QED) is 0.434. The van der Waals surface area contributed by atoms with Crippen LogP contribution in [0.2, 0.25) is 0 Å². The minimum Gasteiger partial charge on any atom is -0.458 e. The monoisotopic (exact) mass is 209 g/mol. The lowest BCUT2D eigenvalue weighted by molar-refractivity contribution is -0.386. The van der Waals surface area contributed by atoms with Gasteiger partial charge in [0.2, 0.25) is 0 Å². The van der Waals surface area contributed by atoms with E-state index in [0.717, 1.165) is 0 Å². The van der Waals surface area contributed by atoms with Crippen molar-refractivity contribution >= 4 is 11.7 Å². The largest absolute Gasteiger partial charge is 0.458 e. The molecule has 1 aromatic carbocycles. The molecule has 0 aliphatic heterocycles. The van der Waals surface area contributed by atoms with Crippen molar-refractivity contribution in [2.24, 2.45) is 0 Å². The lowest BCUT2D eigenvalue weighted by Gasteiger charge is -2.11. The highest BCUT2D eigenvalue weighted by Crippen LogP contribution is 2.26. The molecule has 0 aromatic heterocycles. The highest BCUT2D eigenvalue weighted by atomic mass is 16.6. The first-order valence-electron chi connectivity index (χ1n) is 4.43. The maximum absolute atomic E-state index is 10.7. The highest BCUT2D eigenvalue weighted by molar-refractivity contribution is 5.66. The van der Waals surface area contributed by atoms with Crippen LogP contribution in [0, 0.1) is 10.1 Å². The molecule has 0 heterocycles. The van der Waals surface area contributed by atoms with Gasteiger partial charge in [0.05, 0.1) is 10.5 Å². The topological polar surface area (TPSA) is 69.4 Å². The summed E-state index contributed by atoms with van der Waals surface area (Å²) in [4.78, 5) is 20.9. The molecule has 0 bridgehead atoms. The van der Waals surface area contributed by atoms with Gasteiger partial charge in [-0.05, 0) is 13.0 Å². The molecule has 0 N–H and O–H groups in total. The summed E-state index contributed by atoms with van der Waals surface area (Å²) in [6.45, 7) is 2.87. The zero-order valence-electron chi connectivity index (χ0n) is 8.47. The number of nitro benzene ring substituents is 1. The molecule has 0 radical (unpaired) electrons. The molecule has 5 heteroatoms. The molecule has 0 spiro atoms. The Bertz CT molecular complexity index is 389. The number of hydrogen-bond acceptors (Lipinski definition) is 4. The number of nitro groups is 1. The van der Waals surface area contributed by atoms with E-state index in [1.807, 2.05) is 0 Å². The molecule has 0 amide bonds. The molecule has 1 rings (SSSR count). The minimum absolute atomic E-state index is 0.0359. The summed E-state index contributed by atoms with van der Waals surface area (Å²) in [5.74, 6) is -0.458.